The number of hydrogen-bond acceptors (Lipinski definition) is 6. The Morgan fingerprint density at radius 3 is 2.50 bits per heavy atom. The van der Waals surface area contributed by atoms with E-state index in [-0.39, 0.29) is 12.3 Å². The maximum Gasteiger partial charge on any atom is 0.425 e. The van der Waals surface area contributed by atoms with Crippen LogP contribution in [0.2, 0.25) is 0 Å². The standard InChI is InChI=1S/C15H20N4O3/c1-15(2,3)22-14(21)19-10-12(20)13(18(19)4)17-16-11-8-6-5-7-9-11/h5-9,13H,10H2,1-4H3. The van der Waals surface area contributed by atoms with Gasteiger partial charge in [-0.25, -0.2) is 9.80 Å². The van der Waals surface area contributed by atoms with Crippen LogP contribution in [0.15, 0.2) is 40.6 Å². The van der Waals surface area contributed by atoms with Crippen molar-refractivity contribution in [2.24, 2.45) is 10.2 Å². The minimum atomic E-state index is -0.812. The highest BCUT2D eigenvalue weighted by atomic mass is 16.6. The maximum absolute atomic E-state index is 12.1. The third-order valence-corrected chi connectivity index (χ3v) is 2.97. The second kappa shape index (κ2) is 6.23. The fourth-order valence-electron chi connectivity index (χ4n) is 1.94. The molecule has 1 unspecified atom stereocenters. The number of azo groups is 1. The van der Waals surface area contributed by atoms with E-state index >= 15 is 0 Å². The zero-order valence-corrected chi connectivity index (χ0v) is 13.2. The van der Waals surface area contributed by atoms with Gasteiger partial charge in [-0.2, -0.15) is 15.2 Å². The van der Waals surface area contributed by atoms with Crippen LogP contribution in [0, 0.1) is 0 Å². The first-order chi connectivity index (χ1) is 10.3. The molecule has 0 spiro atoms. The molecule has 118 valence electrons. The van der Waals surface area contributed by atoms with Crippen LogP contribution >= 0.6 is 0 Å². The van der Waals surface area contributed by atoms with Gasteiger partial charge in [0.15, 0.2) is 5.78 Å². The molecule has 22 heavy (non-hydrogen) atoms. The number of likely N-dealkylation sites (N-methyl/N-ethyl adjacent to an activating group) is 1. The number of ketones is 1. The number of nitrogens with zero attached hydrogens (tertiary/aromatic N) is 4. The molecule has 2 rings (SSSR count). The highest BCUT2D eigenvalue weighted by Gasteiger charge is 2.41. The first-order valence-electron chi connectivity index (χ1n) is 7.00. The fourth-order valence-corrected chi connectivity index (χ4v) is 1.94. The summed E-state index contributed by atoms with van der Waals surface area (Å²) in [5.41, 5.74) is 0.0318. The van der Waals surface area contributed by atoms with Gasteiger partial charge in [0, 0.05) is 7.05 Å². The van der Waals surface area contributed by atoms with Crippen LogP contribution in [-0.4, -0.2) is 47.3 Å². The molecule has 0 radical (unpaired) electrons. The Labute approximate surface area is 129 Å². The summed E-state index contributed by atoms with van der Waals surface area (Å²) in [5.74, 6) is -0.201. The van der Waals surface area contributed by atoms with E-state index in [1.54, 1.807) is 40.0 Å². The Kier molecular flexibility index (Phi) is 4.56. The molecule has 1 saturated heterocycles. The molecule has 7 heteroatoms. The number of hydrazine groups is 1. The molecule has 0 N–H and O–H groups in total. The molecule has 1 fully saturated rings. The second-order valence-electron chi connectivity index (χ2n) is 6.00. The van der Waals surface area contributed by atoms with Gasteiger partial charge in [0.25, 0.3) is 0 Å². The number of carbonyl (C=O) groups is 2. The van der Waals surface area contributed by atoms with Crippen molar-refractivity contribution in [1.82, 2.24) is 10.0 Å². The summed E-state index contributed by atoms with van der Waals surface area (Å²) in [6, 6.07) is 9.11. The van der Waals surface area contributed by atoms with Crippen LogP contribution in [0.1, 0.15) is 20.8 Å². The molecule has 1 aromatic carbocycles. The Morgan fingerprint density at radius 2 is 1.91 bits per heavy atom. The Bertz CT molecular complexity index is 580. The lowest BCUT2D eigenvalue weighted by Gasteiger charge is -2.28. The Hall–Kier alpha value is -2.28. The first-order valence-corrected chi connectivity index (χ1v) is 7.00. The fraction of sp³-hybridized carbons (Fsp3) is 0.467. The lowest BCUT2D eigenvalue weighted by Crippen LogP contribution is -2.44. The zero-order valence-electron chi connectivity index (χ0n) is 13.2. The summed E-state index contributed by atoms with van der Waals surface area (Å²) in [6.07, 6.45) is -1.38. The monoisotopic (exact) mass is 304 g/mol. The highest BCUT2D eigenvalue weighted by Crippen LogP contribution is 2.20. The number of amides is 1. The minimum Gasteiger partial charge on any atom is -0.443 e. The lowest BCUT2D eigenvalue weighted by atomic mass is 10.2. The van der Waals surface area contributed by atoms with E-state index in [0.717, 1.165) is 0 Å². The molecular formula is C15H20N4O3. The van der Waals surface area contributed by atoms with E-state index in [1.807, 2.05) is 18.2 Å². The van der Waals surface area contributed by atoms with Crippen molar-refractivity contribution in [3.8, 4) is 0 Å². The number of Topliss-reactive ketones (excluding diaryl/α,β-unsaturated/α-hetero) is 1. The van der Waals surface area contributed by atoms with Gasteiger partial charge < -0.3 is 4.74 Å². The average Bonchev–Trinajstić information content (AvgIpc) is 2.71. The van der Waals surface area contributed by atoms with Gasteiger partial charge in [-0.05, 0) is 32.9 Å². The normalized spacial score (nSPS) is 19.9. The predicted octanol–water partition coefficient (Wildman–Crippen LogP) is 2.76. The third-order valence-electron chi connectivity index (χ3n) is 2.97. The molecular weight excluding hydrogens is 284 g/mol. The average molecular weight is 304 g/mol. The molecule has 1 heterocycles. The van der Waals surface area contributed by atoms with Crippen LogP contribution in [0.4, 0.5) is 10.5 Å². The van der Waals surface area contributed by atoms with E-state index < -0.39 is 17.9 Å². The number of ether oxygens (including phenoxy) is 1. The van der Waals surface area contributed by atoms with E-state index in [4.69, 9.17) is 4.74 Å². The smallest absolute Gasteiger partial charge is 0.425 e. The van der Waals surface area contributed by atoms with E-state index in [1.165, 1.54) is 10.0 Å². The number of benzene rings is 1. The van der Waals surface area contributed by atoms with Crippen LogP contribution < -0.4 is 0 Å². The summed E-state index contributed by atoms with van der Waals surface area (Å²) in [7, 11) is 1.61. The van der Waals surface area contributed by atoms with Gasteiger partial charge in [-0.3, -0.25) is 4.79 Å². The molecule has 0 aromatic heterocycles. The van der Waals surface area contributed by atoms with Crippen molar-refractivity contribution in [2.45, 2.75) is 32.5 Å². The van der Waals surface area contributed by atoms with E-state index in [0.29, 0.717) is 5.69 Å². The molecule has 1 amide bonds. The number of carbonyl (C=O) groups excluding carboxylic acids is 2. The molecule has 0 bridgehead atoms. The van der Waals surface area contributed by atoms with Gasteiger partial charge in [-0.15, -0.1) is 0 Å². The minimum absolute atomic E-state index is 0.0656. The Balaban J connectivity index is 2.07. The Morgan fingerprint density at radius 1 is 1.27 bits per heavy atom. The van der Waals surface area contributed by atoms with Crippen molar-refractivity contribution in [3.63, 3.8) is 0 Å². The van der Waals surface area contributed by atoms with Crippen molar-refractivity contribution in [3.05, 3.63) is 30.3 Å². The summed E-state index contributed by atoms with van der Waals surface area (Å²) < 4.78 is 5.27. The largest absolute Gasteiger partial charge is 0.443 e. The SMILES string of the molecule is CN1C(N=Nc2ccccc2)C(=O)CN1C(=O)OC(C)(C)C. The van der Waals surface area contributed by atoms with Crippen molar-refractivity contribution in [1.29, 1.82) is 0 Å². The predicted molar refractivity (Wildman–Crippen MR) is 80.5 cm³/mol. The van der Waals surface area contributed by atoms with Crippen molar-refractivity contribution < 1.29 is 14.3 Å². The molecule has 1 aromatic rings. The van der Waals surface area contributed by atoms with Gasteiger partial charge >= 0.3 is 6.09 Å². The van der Waals surface area contributed by atoms with Crippen LogP contribution in [-0.2, 0) is 9.53 Å². The van der Waals surface area contributed by atoms with Gasteiger partial charge in [-0.1, -0.05) is 18.2 Å². The molecule has 1 aliphatic rings. The third kappa shape index (κ3) is 3.88. The summed E-state index contributed by atoms with van der Waals surface area (Å²) >= 11 is 0. The zero-order chi connectivity index (χ0) is 16.3. The van der Waals surface area contributed by atoms with Gasteiger partial charge in [0.2, 0.25) is 6.17 Å². The van der Waals surface area contributed by atoms with Crippen LogP contribution in [0.5, 0.6) is 0 Å². The molecule has 1 atom stereocenters. The van der Waals surface area contributed by atoms with Gasteiger partial charge in [0.1, 0.15) is 12.1 Å². The first kappa shape index (κ1) is 16.1. The molecule has 1 aliphatic heterocycles. The topological polar surface area (TPSA) is 74.6 Å². The van der Waals surface area contributed by atoms with Crippen LogP contribution in [0.3, 0.4) is 0 Å². The summed E-state index contributed by atoms with van der Waals surface area (Å²) in [4.78, 5) is 24.1. The van der Waals surface area contributed by atoms with Crippen molar-refractivity contribution >= 4 is 17.6 Å². The van der Waals surface area contributed by atoms with Gasteiger partial charge in [0.05, 0.1) is 5.69 Å². The number of rotatable bonds is 2. The summed E-state index contributed by atoms with van der Waals surface area (Å²) in [6.45, 7) is 5.25. The molecule has 7 nitrogen and oxygen atoms in total. The molecule has 0 aliphatic carbocycles. The lowest BCUT2D eigenvalue weighted by molar-refractivity contribution is -0.118. The van der Waals surface area contributed by atoms with E-state index in [9.17, 15) is 9.59 Å². The quantitative estimate of drug-likeness (QED) is 0.787. The highest BCUT2D eigenvalue weighted by molar-refractivity contribution is 5.90. The van der Waals surface area contributed by atoms with E-state index in [2.05, 4.69) is 10.2 Å². The summed E-state index contributed by atoms with van der Waals surface area (Å²) in [5, 5.41) is 10.8. The van der Waals surface area contributed by atoms with Crippen molar-refractivity contribution in [2.75, 3.05) is 13.6 Å². The number of hydrogen-bond donors (Lipinski definition) is 0. The second-order valence-corrected chi connectivity index (χ2v) is 6.00. The van der Waals surface area contributed by atoms with Crippen LogP contribution in [0.25, 0.3) is 0 Å². The maximum atomic E-state index is 12.1. The molecule has 0 saturated carbocycles.